The zero-order chi connectivity index (χ0) is 15.3. The molecule has 0 aliphatic rings. The van der Waals surface area contributed by atoms with E-state index in [9.17, 15) is 14.0 Å². The molecule has 7 heteroatoms. The fourth-order valence-electron chi connectivity index (χ4n) is 1.38. The van der Waals surface area contributed by atoms with Crippen molar-refractivity contribution in [1.29, 1.82) is 0 Å². The maximum absolute atomic E-state index is 13.0. The zero-order valence-electron chi connectivity index (χ0n) is 11.2. The van der Waals surface area contributed by atoms with E-state index in [2.05, 4.69) is 10.6 Å². The highest BCUT2D eigenvalue weighted by molar-refractivity contribution is 6.33. The van der Waals surface area contributed by atoms with Gasteiger partial charge < -0.3 is 16.4 Å². The summed E-state index contributed by atoms with van der Waals surface area (Å²) in [6.07, 6.45) is 0. The van der Waals surface area contributed by atoms with Crippen molar-refractivity contribution in [2.24, 2.45) is 11.7 Å². The van der Waals surface area contributed by atoms with Crippen LogP contribution in [0, 0.1) is 11.7 Å². The molecule has 1 aromatic rings. The minimum atomic E-state index is -0.680. The first-order chi connectivity index (χ1) is 9.31. The van der Waals surface area contributed by atoms with E-state index in [1.807, 2.05) is 0 Å². The maximum atomic E-state index is 13.0. The second kappa shape index (κ2) is 7.21. The van der Waals surface area contributed by atoms with Gasteiger partial charge in [0.2, 0.25) is 11.8 Å². The average molecular weight is 302 g/mol. The van der Waals surface area contributed by atoms with Crippen molar-refractivity contribution in [3.05, 3.63) is 29.0 Å². The number of nitrogens with two attached hydrogens (primary N) is 1. The van der Waals surface area contributed by atoms with Crippen LogP contribution in [0.4, 0.5) is 10.1 Å². The van der Waals surface area contributed by atoms with Crippen LogP contribution in [0.2, 0.25) is 5.02 Å². The van der Waals surface area contributed by atoms with E-state index in [0.717, 1.165) is 6.07 Å². The van der Waals surface area contributed by atoms with E-state index in [4.69, 9.17) is 17.3 Å². The summed E-state index contributed by atoms with van der Waals surface area (Å²) in [5, 5.41) is 5.03. The topological polar surface area (TPSA) is 84.2 Å². The molecule has 0 saturated heterocycles. The highest BCUT2D eigenvalue weighted by atomic mass is 35.5. The van der Waals surface area contributed by atoms with Gasteiger partial charge in [0.05, 0.1) is 23.3 Å². The van der Waals surface area contributed by atoms with Gasteiger partial charge in [0.15, 0.2) is 0 Å². The molecule has 0 radical (unpaired) electrons. The van der Waals surface area contributed by atoms with Gasteiger partial charge in [-0.05, 0) is 24.1 Å². The number of carbonyl (C=O) groups is 2. The van der Waals surface area contributed by atoms with Gasteiger partial charge in [0, 0.05) is 0 Å². The molecule has 0 bridgehead atoms. The Morgan fingerprint density at radius 1 is 1.40 bits per heavy atom. The van der Waals surface area contributed by atoms with Gasteiger partial charge in [-0.15, -0.1) is 0 Å². The maximum Gasteiger partial charge on any atom is 0.243 e. The first-order valence-corrected chi connectivity index (χ1v) is 6.47. The van der Waals surface area contributed by atoms with Crippen LogP contribution >= 0.6 is 11.6 Å². The predicted octanol–water partition coefficient (Wildman–Crippen LogP) is 1.52. The van der Waals surface area contributed by atoms with E-state index in [1.54, 1.807) is 13.8 Å². The lowest BCUT2D eigenvalue weighted by Gasteiger charge is -2.15. The number of hydrogen-bond acceptors (Lipinski definition) is 3. The molecule has 0 fully saturated rings. The van der Waals surface area contributed by atoms with E-state index >= 15 is 0 Å². The number of halogens is 2. The zero-order valence-corrected chi connectivity index (χ0v) is 12.0. The Hall–Kier alpha value is -1.66. The monoisotopic (exact) mass is 301 g/mol. The minimum absolute atomic E-state index is 0.0317. The summed E-state index contributed by atoms with van der Waals surface area (Å²) in [5.74, 6) is -1.48. The molecule has 110 valence electrons. The van der Waals surface area contributed by atoms with Gasteiger partial charge in [-0.2, -0.15) is 0 Å². The second-order valence-corrected chi connectivity index (χ2v) is 5.07. The van der Waals surface area contributed by atoms with Gasteiger partial charge in [-0.3, -0.25) is 9.59 Å². The standard InChI is InChI=1S/C13H17ClFN3O2/c1-7(2)12(16)13(20)17-6-11(19)18-10-5-8(15)3-4-9(10)14/h3-5,7,12H,6,16H2,1-2H3,(H,17,20)(H,18,19)/t12-/m0/s1. The molecule has 0 saturated carbocycles. The SMILES string of the molecule is CC(C)[C@H](N)C(=O)NCC(=O)Nc1cc(F)ccc1Cl. The molecule has 20 heavy (non-hydrogen) atoms. The van der Waals surface area contributed by atoms with E-state index in [1.165, 1.54) is 12.1 Å². The third kappa shape index (κ3) is 4.79. The van der Waals surface area contributed by atoms with Crippen LogP contribution in [0.5, 0.6) is 0 Å². The van der Waals surface area contributed by atoms with Crippen molar-refractivity contribution in [2.75, 3.05) is 11.9 Å². The Morgan fingerprint density at radius 2 is 2.05 bits per heavy atom. The average Bonchev–Trinajstić information content (AvgIpc) is 2.39. The fraction of sp³-hybridized carbons (Fsp3) is 0.385. The quantitative estimate of drug-likeness (QED) is 0.771. The molecule has 5 nitrogen and oxygen atoms in total. The summed E-state index contributed by atoms with van der Waals surface area (Å²) in [4.78, 5) is 23.2. The van der Waals surface area contributed by atoms with Gasteiger partial charge in [-0.25, -0.2) is 4.39 Å². The van der Waals surface area contributed by atoms with Crippen molar-refractivity contribution in [3.8, 4) is 0 Å². The number of rotatable bonds is 5. The summed E-state index contributed by atoms with van der Waals surface area (Å²) < 4.78 is 13.0. The van der Waals surface area contributed by atoms with E-state index in [0.29, 0.717) is 0 Å². The molecular formula is C13H17ClFN3O2. The Balaban J connectivity index is 2.52. The largest absolute Gasteiger partial charge is 0.346 e. The van der Waals surface area contributed by atoms with Crippen molar-refractivity contribution in [2.45, 2.75) is 19.9 Å². The summed E-state index contributed by atoms with van der Waals surface area (Å²) in [6.45, 7) is 3.35. The third-order valence-electron chi connectivity index (χ3n) is 2.65. The molecule has 1 atom stereocenters. The van der Waals surface area contributed by atoms with Crippen molar-refractivity contribution in [1.82, 2.24) is 5.32 Å². The Morgan fingerprint density at radius 3 is 2.65 bits per heavy atom. The highest BCUT2D eigenvalue weighted by Crippen LogP contribution is 2.22. The molecule has 0 spiro atoms. The number of carbonyl (C=O) groups excluding carboxylic acids is 2. The number of nitrogens with one attached hydrogen (secondary N) is 2. The highest BCUT2D eigenvalue weighted by Gasteiger charge is 2.17. The lowest BCUT2D eigenvalue weighted by molar-refractivity contribution is -0.125. The van der Waals surface area contributed by atoms with Crippen LogP contribution in [-0.2, 0) is 9.59 Å². The first-order valence-electron chi connectivity index (χ1n) is 6.09. The van der Waals surface area contributed by atoms with Gasteiger partial charge >= 0.3 is 0 Å². The lowest BCUT2D eigenvalue weighted by atomic mass is 10.1. The molecular weight excluding hydrogens is 285 g/mol. The molecule has 0 aliphatic carbocycles. The van der Waals surface area contributed by atoms with Crippen LogP contribution in [0.15, 0.2) is 18.2 Å². The summed E-state index contributed by atoms with van der Waals surface area (Å²) in [7, 11) is 0. The molecule has 0 heterocycles. The summed E-state index contributed by atoms with van der Waals surface area (Å²) >= 11 is 5.81. The van der Waals surface area contributed by atoms with Crippen LogP contribution < -0.4 is 16.4 Å². The summed E-state index contributed by atoms with van der Waals surface area (Å²) in [6, 6.07) is 2.93. The van der Waals surface area contributed by atoms with Crippen LogP contribution in [0.1, 0.15) is 13.8 Å². The molecule has 2 amide bonds. The van der Waals surface area contributed by atoms with Gasteiger partial charge in [-0.1, -0.05) is 25.4 Å². The number of amides is 2. The van der Waals surface area contributed by atoms with Crippen molar-refractivity contribution < 1.29 is 14.0 Å². The van der Waals surface area contributed by atoms with Crippen LogP contribution in [0.3, 0.4) is 0 Å². The Kier molecular flexibility index (Phi) is 5.91. The number of anilines is 1. The Bertz CT molecular complexity index is 508. The smallest absolute Gasteiger partial charge is 0.243 e. The van der Waals surface area contributed by atoms with Crippen molar-refractivity contribution in [3.63, 3.8) is 0 Å². The number of hydrogen-bond donors (Lipinski definition) is 3. The van der Waals surface area contributed by atoms with E-state index in [-0.39, 0.29) is 23.2 Å². The Labute approximate surface area is 121 Å². The summed E-state index contributed by atoms with van der Waals surface area (Å²) in [5.41, 5.74) is 5.78. The molecule has 0 aliphatic heterocycles. The fourth-order valence-corrected chi connectivity index (χ4v) is 1.54. The van der Waals surface area contributed by atoms with Crippen molar-refractivity contribution >= 4 is 29.1 Å². The third-order valence-corrected chi connectivity index (χ3v) is 2.98. The van der Waals surface area contributed by atoms with Crippen LogP contribution in [-0.4, -0.2) is 24.4 Å². The second-order valence-electron chi connectivity index (χ2n) is 4.66. The normalized spacial score (nSPS) is 12.1. The predicted molar refractivity (Wildman–Crippen MR) is 75.9 cm³/mol. The number of benzene rings is 1. The molecule has 0 unspecified atom stereocenters. The van der Waals surface area contributed by atoms with Crippen LogP contribution in [0.25, 0.3) is 0 Å². The van der Waals surface area contributed by atoms with Gasteiger partial charge in [0.25, 0.3) is 0 Å². The van der Waals surface area contributed by atoms with E-state index < -0.39 is 23.7 Å². The molecule has 1 aromatic carbocycles. The lowest BCUT2D eigenvalue weighted by Crippen LogP contribution is -2.46. The molecule has 4 N–H and O–H groups in total. The molecule has 1 rings (SSSR count). The molecule has 0 aromatic heterocycles. The van der Waals surface area contributed by atoms with Gasteiger partial charge in [0.1, 0.15) is 5.82 Å². The minimum Gasteiger partial charge on any atom is -0.346 e. The first kappa shape index (κ1) is 16.4.